The lowest BCUT2D eigenvalue weighted by molar-refractivity contribution is -0.123. The number of hydrogen-bond acceptors (Lipinski definition) is 5. The van der Waals surface area contributed by atoms with Gasteiger partial charge in [0.25, 0.3) is 0 Å². The summed E-state index contributed by atoms with van der Waals surface area (Å²) in [4.78, 5) is 32.1. The number of methoxy groups -OCH3 is 1. The lowest BCUT2D eigenvalue weighted by Gasteiger charge is -2.34. The number of hydrogen-bond donors (Lipinski definition) is 2. The van der Waals surface area contributed by atoms with Crippen molar-refractivity contribution in [3.8, 4) is 5.88 Å². The molecule has 138 valence electrons. The molecule has 1 saturated heterocycles. The van der Waals surface area contributed by atoms with E-state index in [1.807, 2.05) is 13.8 Å². The Balaban J connectivity index is 1.75. The molecule has 1 aliphatic rings. The highest BCUT2D eigenvalue weighted by atomic mass is 16.5. The fourth-order valence-corrected chi connectivity index (χ4v) is 2.51. The van der Waals surface area contributed by atoms with Gasteiger partial charge in [0.05, 0.1) is 25.5 Å². The minimum Gasteiger partial charge on any atom is -0.481 e. The van der Waals surface area contributed by atoms with E-state index in [1.165, 1.54) is 0 Å². The zero-order chi connectivity index (χ0) is 18.2. The Bertz CT molecular complexity index is 570. The summed E-state index contributed by atoms with van der Waals surface area (Å²) in [5.41, 5.74) is 0.626. The summed E-state index contributed by atoms with van der Waals surface area (Å²) in [5, 5.41) is 5.79. The second-order valence-corrected chi connectivity index (χ2v) is 6.16. The molecule has 0 aromatic carbocycles. The van der Waals surface area contributed by atoms with Gasteiger partial charge in [-0.3, -0.25) is 9.69 Å². The van der Waals surface area contributed by atoms with Crippen molar-refractivity contribution in [3.63, 3.8) is 0 Å². The second-order valence-electron chi connectivity index (χ2n) is 6.16. The van der Waals surface area contributed by atoms with Crippen LogP contribution in [0.1, 0.15) is 20.3 Å². The zero-order valence-electron chi connectivity index (χ0n) is 15.1. The highest BCUT2D eigenvalue weighted by molar-refractivity contribution is 5.89. The van der Waals surface area contributed by atoms with E-state index in [4.69, 9.17) is 4.74 Å². The van der Waals surface area contributed by atoms with Gasteiger partial charge in [0.15, 0.2) is 0 Å². The Hall–Kier alpha value is -2.35. The summed E-state index contributed by atoms with van der Waals surface area (Å²) in [5.74, 6) is 0.541. The minimum absolute atomic E-state index is 0.0385. The van der Waals surface area contributed by atoms with Crippen LogP contribution in [0.15, 0.2) is 18.3 Å². The first kappa shape index (κ1) is 19.0. The molecule has 1 aliphatic heterocycles. The summed E-state index contributed by atoms with van der Waals surface area (Å²) in [6, 6.07) is 3.48. The van der Waals surface area contributed by atoms with Gasteiger partial charge in [-0.2, -0.15) is 0 Å². The molecule has 0 spiro atoms. The average Bonchev–Trinajstić information content (AvgIpc) is 2.62. The molecule has 0 radical (unpaired) electrons. The SMILES string of the molecule is CCC(C)NC(=O)CN1CCN(C(=O)Nc2ccc(OC)nc2)CC1. The highest BCUT2D eigenvalue weighted by Crippen LogP contribution is 2.12. The predicted octanol–water partition coefficient (Wildman–Crippen LogP) is 1.15. The van der Waals surface area contributed by atoms with Crippen LogP contribution >= 0.6 is 0 Å². The number of piperazine rings is 1. The molecular weight excluding hydrogens is 322 g/mol. The third-order valence-electron chi connectivity index (χ3n) is 4.24. The van der Waals surface area contributed by atoms with Crippen molar-refractivity contribution in [3.05, 3.63) is 18.3 Å². The van der Waals surface area contributed by atoms with Crippen LogP contribution in [0.3, 0.4) is 0 Å². The van der Waals surface area contributed by atoms with Crippen molar-refractivity contribution in [2.45, 2.75) is 26.3 Å². The van der Waals surface area contributed by atoms with Gasteiger partial charge in [0.1, 0.15) is 0 Å². The molecule has 1 aromatic heterocycles. The minimum atomic E-state index is -0.157. The number of anilines is 1. The fourth-order valence-electron chi connectivity index (χ4n) is 2.51. The summed E-state index contributed by atoms with van der Waals surface area (Å²) in [7, 11) is 1.54. The van der Waals surface area contributed by atoms with Gasteiger partial charge in [-0.1, -0.05) is 6.92 Å². The van der Waals surface area contributed by atoms with Crippen molar-refractivity contribution in [1.82, 2.24) is 20.1 Å². The molecule has 0 saturated carbocycles. The third kappa shape index (κ3) is 5.90. The van der Waals surface area contributed by atoms with Gasteiger partial charge in [-0.05, 0) is 19.4 Å². The number of carbonyl (C=O) groups is 2. The summed E-state index contributed by atoms with van der Waals surface area (Å²) < 4.78 is 4.99. The topological polar surface area (TPSA) is 86.8 Å². The average molecular weight is 349 g/mol. The van der Waals surface area contributed by atoms with Gasteiger partial charge in [0, 0.05) is 38.3 Å². The zero-order valence-corrected chi connectivity index (χ0v) is 15.1. The number of amides is 3. The highest BCUT2D eigenvalue weighted by Gasteiger charge is 2.22. The number of pyridine rings is 1. The van der Waals surface area contributed by atoms with Crippen molar-refractivity contribution in [2.24, 2.45) is 0 Å². The standard InChI is InChI=1S/C17H27N5O3/c1-4-13(2)19-15(23)12-21-7-9-22(10-8-21)17(24)20-14-5-6-16(25-3)18-11-14/h5-6,11,13H,4,7-10,12H2,1-3H3,(H,19,23)(H,20,24). The number of ether oxygens (including phenoxy) is 1. The van der Waals surface area contributed by atoms with Crippen LogP contribution in [0.4, 0.5) is 10.5 Å². The maximum absolute atomic E-state index is 12.3. The van der Waals surface area contributed by atoms with E-state index in [0.717, 1.165) is 6.42 Å². The Morgan fingerprint density at radius 3 is 2.56 bits per heavy atom. The van der Waals surface area contributed by atoms with Crippen LogP contribution < -0.4 is 15.4 Å². The molecule has 8 heteroatoms. The Kier molecular flexibility index (Phi) is 7.00. The van der Waals surface area contributed by atoms with Crippen LogP contribution in [-0.4, -0.2) is 72.6 Å². The quantitative estimate of drug-likeness (QED) is 0.805. The van der Waals surface area contributed by atoms with Crippen LogP contribution in [-0.2, 0) is 4.79 Å². The number of rotatable bonds is 6. The lowest BCUT2D eigenvalue weighted by Crippen LogP contribution is -2.52. The monoisotopic (exact) mass is 349 g/mol. The second kappa shape index (κ2) is 9.22. The maximum atomic E-state index is 12.3. The Labute approximate surface area is 148 Å². The van der Waals surface area contributed by atoms with Gasteiger partial charge >= 0.3 is 6.03 Å². The third-order valence-corrected chi connectivity index (χ3v) is 4.24. The number of nitrogens with one attached hydrogen (secondary N) is 2. The molecule has 1 unspecified atom stereocenters. The number of aromatic nitrogens is 1. The smallest absolute Gasteiger partial charge is 0.321 e. The van der Waals surface area contributed by atoms with E-state index in [9.17, 15) is 9.59 Å². The van der Waals surface area contributed by atoms with Crippen LogP contribution in [0.25, 0.3) is 0 Å². The van der Waals surface area contributed by atoms with Crippen molar-refractivity contribution in [2.75, 3.05) is 45.2 Å². The maximum Gasteiger partial charge on any atom is 0.321 e. The molecular formula is C17H27N5O3. The number of urea groups is 1. The predicted molar refractivity (Wildman–Crippen MR) is 95.7 cm³/mol. The summed E-state index contributed by atoms with van der Waals surface area (Å²) >= 11 is 0. The van der Waals surface area contributed by atoms with Crippen LogP contribution in [0, 0.1) is 0 Å². The number of carbonyl (C=O) groups excluding carboxylic acids is 2. The molecule has 1 atom stereocenters. The first-order valence-corrected chi connectivity index (χ1v) is 8.59. The van der Waals surface area contributed by atoms with Gasteiger partial charge < -0.3 is 20.3 Å². The van der Waals surface area contributed by atoms with E-state index in [-0.39, 0.29) is 18.0 Å². The molecule has 0 bridgehead atoms. The normalized spacial score (nSPS) is 16.2. The van der Waals surface area contributed by atoms with Crippen molar-refractivity contribution in [1.29, 1.82) is 0 Å². The molecule has 2 heterocycles. The van der Waals surface area contributed by atoms with E-state index in [0.29, 0.717) is 44.3 Å². The number of nitrogens with zero attached hydrogens (tertiary/aromatic N) is 3. The molecule has 1 aromatic rings. The van der Waals surface area contributed by atoms with E-state index in [2.05, 4.69) is 20.5 Å². The van der Waals surface area contributed by atoms with Crippen LogP contribution in [0.5, 0.6) is 5.88 Å². The first-order chi connectivity index (χ1) is 12.0. The van der Waals surface area contributed by atoms with E-state index < -0.39 is 0 Å². The molecule has 8 nitrogen and oxygen atoms in total. The molecule has 0 aliphatic carbocycles. The van der Waals surface area contributed by atoms with Gasteiger partial charge in [-0.15, -0.1) is 0 Å². The summed E-state index contributed by atoms with van der Waals surface area (Å²) in [6.45, 7) is 6.96. The molecule has 25 heavy (non-hydrogen) atoms. The first-order valence-electron chi connectivity index (χ1n) is 8.59. The lowest BCUT2D eigenvalue weighted by atomic mass is 10.2. The van der Waals surface area contributed by atoms with Crippen LogP contribution in [0.2, 0.25) is 0 Å². The Morgan fingerprint density at radius 1 is 1.28 bits per heavy atom. The van der Waals surface area contributed by atoms with E-state index >= 15 is 0 Å². The molecule has 2 rings (SSSR count). The Morgan fingerprint density at radius 2 is 2.00 bits per heavy atom. The van der Waals surface area contributed by atoms with Gasteiger partial charge in [-0.25, -0.2) is 9.78 Å². The van der Waals surface area contributed by atoms with Crippen molar-refractivity contribution >= 4 is 17.6 Å². The summed E-state index contributed by atoms with van der Waals surface area (Å²) in [6.07, 6.45) is 2.48. The largest absolute Gasteiger partial charge is 0.481 e. The van der Waals surface area contributed by atoms with Crippen molar-refractivity contribution < 1.29 is 14.3 Å². The molecule has 3 amide bonds. The molecule has 1 fully saturated rings. The molecule has 2 N–H and O–H groups in total. The van der Waals surface area contributed by atoms with Gasteiger partial charge in [0.2, 0.25) is 11.8 Å². The fraction of sp³-hybridized carbons (Fsp3) is 0.588. The van der Waals surface area contributed by atoms with E-state index in [1.54, 1.807) is 30.3 Å².